The molecule has 4 rings (SSSR count). The summed E-state index contributed by atoms with van der Waals surface area (Å²) in [6.07, 6.45) is 1.69. The number of fused-ring (bicyclic) bond motifs is 1. The van der Waals surface area contributed by atoms with Crippen molar-refractivity contribution < 1.29 is 14.4 Å². The van der Waals surface area contributed by atoms with Gasteiger partial charge in [-0.25, -0.2) is 0 Å². The summed E-state index contributed by atoms with van der Waals surface area (Å²) in [6.45, 7) is 0.432. The fraction of sp³-hybridized carbons (Fsp3) is 0.0870. The van der Waals surface area contributed by atoms with Crippen molar-refractivity contribution in [2.24, 2.45) is 0 Å². The summed E-state index contributed by atoms with van der Waals surface area (Å²) in [5.41, 5.74) is 3.27. The van der Waals surface area contributed by atoms with Gasteiger partial charge in [-0.05, 0) is 42.0 Å². The van der Waals surface area contributed by atoms with Gasteiger partial charge in [0.2, 0.25) is 0 Å². The number of aromatic nitrogens is 1. The molecule has 30 heavy (non-hydrogen) atoms. The molecule has 0 saturated carbocycles. The molecule has 0 fully saturated rings. The van der Waals surface area contributed by atoms with E-state index in [-0.39, 0.29) is 5.69 Å². The number of nitrogens with zero attached hydrogens (tertiary/aromatic N) is 2. The Balaban J connectivity index is 1.52. The zero-order valence-electron chi connectivity index (χ0n) is 16.2. The Kier molecular flexibility index (Phi) is 5.43. The summed E-state index contributed by atoms with van der Waals surface area (Å²) in [4.78, 5) is 15.0. The molecule has 0 saturated heterocycles. The summed E-state index contributed by atoms with van der Waals surface area (Å²) >= 11 is 0. The number of hydrogen-bond donors (Lipinski definition) is 1. The van der Waals surface area contributed by atoms with Crippen molar-refractivity contribution in [2.45, 2.75) is 6.61 Å². The molecule has 1 heterocycles. The van der Waals surface area contributed by atoms with E-state index in [0.717, 1.165) is 27.9 Å². The van der Waals surface area contributed by atoms with E-state index in [0.29, 0.717) is 18.0 Å². The van der Waals surface area contributed by atoms with E-state index in [4.69, 9.17) is 9.47 Å². The highest BCUT2D eigenvalue weighted by atomic mass is 16.6. The van der Waals surface area contributed by atoms with Crippen molar-refractivity contribution in [3.05, 3.63) is 94.7 Å². The number of methoxy groups -OCH3 is 1. The van der Waals surface area contributed by atoms with E-state index in [1.54, 1.807) is 25.4 Å². The number of nitro groups is 1. The Bertz CT molecular complexity index is 1190. The molecule has 1 aromatic heterocycles. The normalized spacial score (nSPS) is 10.6. The molecule has 1 N–H and O–H groups in total. The number of rotatable bonds is 7. The molecule has 0 aliphatic rings. The highest BCUT2D eigenvalue weighted by molar-refractivity contribution is 5.93. The Hall–Kier alpha value is -4.13. The Morgan fingerprint density at radius 3 is 2.57 bits per heavy atom. The molecule has 3 aromatic carbocycles. The minimum Gasteiger partial charge on any atom is -0.497 e. The maximum Gasteiger partial charge on any atom is 0.271 e. The molecule has 0 aliphatic carbocycles. The fourth-order valence-corrected chi connectivity index (χ4v) is 3.07. The first kappa shape index (κ1) is 19.2. The largest absolute Gasteiger partial charge is 0.497 e. The third kappa shape index (κ3) is 4.30. The van der Waals surface area contributed by atoms with E-state index in [1.165, 1.54) is 12.1 Å². The van der Waals surface area contributed by atoms with Gasteiger partial charge in [0.1, 0.15) is 18.1 Å². The second-order valence-electron chi connectivity index (χ2n) is 6.61. The van der Waals surface area contributed by atoms with Gasteiger partial charge in [-0.1, -0.05) is 18.2 Å². The lowest BCUT2D eigenvalue weighted by molar-refractivity contribution is -0.384. The Morgan fingerprint density at radius 1 is 1.00 bits per heavy atom. The second-order valence-corrected chi connectivity index (χ2v) is 6.61. The van der Waals surface area contributed by atoms with Gasteiger partial charge >= 0.3 is 0 Å². The van der Waals surface area contributed by atoms with Crippen molar-refractivity contribution in [1.82, 2.24) is 4.98 Å². The van der Waals surface area contributed by atoms with Crippen LogP contribution in [0.15, 0.2) is 79.0 Å². The van der Waals surface area contributed by atoms with Crippen molar-refractivity contribution >= 4 is 28.0 Å². The van der Waals surface area contributed by atoms with Gasteiger partial charge in [0.05, 0.1) is 17.5 Å². The molecule has 7 heteroatoms. The lowest BCUT2D eigenvalue weighted by atomic mass is 10.1. The van der Waals surface area contributed by atoms with Crippen LogP contribution in [0.1, 0.15) is 5.56 Å². The van der Waals surface area contributed by atoms with Crippen LogP contribution in [0.5, 0.6) is 11.5 Å². The zero-order valence-corrected chi connectivity index (χ0v) is 16.2. The predicted octanol–water partition coefficient (Wildman–Crippen LogP) is 5.47. The molecule has 7 nitrogen and oxygen atoms in total. The number of benzene rings is 3. The summed E-state index contributed by atoms with van der Waals surface area (Å²) in [7, 11) is 1.63. The maximum absolute atomic E-state index is 11.0. The van der Waals surface area contributed by atoms with Crippen LogP contribution in [0.25, 0.3) is 10.9 Å². The van der Waals surface area contributed by atoms with Gasteiger partial charge in [0.15, 0.2) is 0 Å². The third-order valence-electron chi connectivity index (χ3n) is 4.61. The minimum atomic E-state index is -0.414. The van der Waals surface area contributed by atoms with Gasteiger partial charge < -0.3 is 14.8 Å². The van der Waals surface area contributed by atoms with Crippen LogP contribution in [0.3, 0.4) is 0 Å². The quantitative estimate of drug-likeness (QED) is 0.326. The number of anilines is 2. The Labute approximate surface area is 173 Å². The summed E-state index contributed by atoms with van der Waals surface area (Å²) in [5, 5.41) is 15.1. The second kappa shape index (κ2) is 8.48. The van der Waals surface area contributed by atoms with E-state index < -0.39 is 4.92 Å². The first-order valence-electron chi connectivity index (χ1n) is 9.28. The lowest BCUT2D eigenvalue weighted by Gasteiger charge is -2.11. The molecule has 0 radical (unpaired) electrons. The summed E-state index contributed by atoms with van der Waals surface area (Å²) in [5.74, 6) is 1.51. The van der Waals surface area contributed by atoms with Crippen LogP contribution in [0.2, 0.25) is 0 Å². The van der Waals surface area contributed by atoms with Gasteiger partial charge in [-0.15, -0.1) is 0 Å². The average molecular weight is 401 g/mol. The molecule has 0 atom stereocenters. The number of nitrogens with one attached hydrogen (secondary N) is 1. The van der Waals surface area contributed by atoms with Gasteiger partial charge in [0.25, 0.3) is 5.69 Å². The monoisotopic (exact) mass is 401 g/mol. The summed E-state index contributed by atoms with van der Waals surface area (Å²) < 4.78 is 11.1. The third-order valence-corrected chi connectivity index (χ3v) is 4.61. The molecule has 0 spiro atoms. The molecule has 0 aliphatic heterocycles. The van der Waals surface area contributed by atoms with E-state index in [2.05, 4.69) is 10.3 Å². The lowest BCUT2D eigenvalue weighted by Crippen LogP contribution is -1.97. The highest BCUT2D eigenvalue weighted by Gasteiger charge is 2.08. The first-order valence-corrected chi connectivity index (χ1v) is 9.28. The average Bonchev–Trinajstić information content (AvgIpc) is 2.78. The van der Waals surface area contributed by atoms with Crippen molar-refractivity contribution in [3.63, 3.8) is 0 Å². The van der Waals surface area contributed by atoms with E-state index in [1.807, 2.05) is 48.5 Å². The highest BCUT2D eigenvalue weighted by Crippen LogP contribution is 2.29. The smallest absolute Gasteiger partial charge is 0.271 e. The number of nitro benzene ring substituents is 1. The predicted molar refractivity (Wildman–Crippen MR) is 115 cm³/mol. The topological polar surface area (TPSA) is 86.5 Å². The SMILES string of the molecule is COc1ccc(COc2ccc3c(Nc4cccc([N+](=O)[O-])c4)ccnc3c2)cc1. The van der Waals surface area contributed by atoms with Crippen molar-refractivity contribution in [2.75, 3.05) is 12.4 Å². The molecular weight excluding hydrogens is 382 g/mol. The minimum absolute atomic E-state index is 0.0348. The van der Waals surface area contributed by atoms with Crippen molar-refractivity contribution in [1.29, 1.82) is 0 Å². The standard InChI is InChI=1S/C23H19N3O4/c1-29-19-7-5-16(6-8-19)15-30-20-9-10-21-22(11-12-24-23(21)14-20)25-17-3-2-4-18(13-17)26(27)28/h2-14H,15H2,1H3,(H,24,25). The molecule has 0 amide bonds. The molecule has 0 bridgehead atoms. The van der Waals surface area contributed by atoms with Crippen LogP contribution in [0.4, 0.5) is 17.1 Å². The maximum atomic E-state index is 11.0. The molecule has 4 aromatic rings. The van der Waals surface area contributed by atoms with Crippen LogP contribution >= 0.6 is 0 Å². The summed E-state index contributed by atoms with van der Waals surface area (Å²) in [6, 6.07) is 21.6. The molecule has 0 unspecified atom stereocenters. The molecular formula is C23H19N3O4. The van der Waals surface area contributed by atoms with Gasteiger partial charge in [-0.3, -0.25) is 15.1 Å². The fourth-order valence-electron chi connectivity index (χ4n) is 3.07. The first-order chi connectivity index (χ1) is 14.6. The van der Waals surface area contributed by atoms with Crippen molar-refractivity contribution in [3.8, 4) is 11.5 Å². The van der Waals surface area contributed by atoms with Crippen LogP contribution in [-0.4, -0.2) is 17.0 Å². The number of pyridine rings is 1. The van der Waals surface area contributed by atoms with Crippen LogP contribution in [0, 0.1) is 10.1 Å². The van der Waals surface area contributed by atoms with Gasteiger partial charge in [0, 0.05) is 41.2 Å². The van der Waals surface area contributed by atoms with Crippen LogP contribution in [-0.2, 0) is 6.61 Å². The zero-order chi connectivity index (χ0) is 20.9. The number of hydrogen-bond acceptors (Lipinski definition) is 6. The molecule has 150 valence electrons. The van der Waals surface area contributed by atoms with Gasteiger partial charge in [-0.2, -0.15) is 0 Å². The van der Waals surface area contributed by atoms with Crippen LogP contribution < -0.4 is 14.8 Å². The van der Waals surface area contributed by atoms with E-state index >= 15 is 0 Å². The van der Waals surface area contributed by atoms with E-state index in [9.17, 15) is 10.1 Å². The number of ether oxygens (including phenoxy) is 2. The Morgan fingerprint density at radius 2 is 1.80 bits per heavy atom. The number of non-ortho nitro benzene ring substituents is 1.